The van der Waals surface area contributed by atoms with Crippen molar-refractivity contribution < 1.29 is 14.7 Å². The SMILES string of the molecule is CCCN(C(=O)N[C@@H](C(=O)O)C(C)C)C1CC1. The number of nitrogens with zero attached hydrogens (tertiary/aromatic N) is 1. The van der Waals surface area contributed by atoms with Gasteiger partial charge in [0.25, 0.3) is 0 Å². The second-order valence-corrected chi connectivity index (χ2v) is 4.93. The van der Waals surface area contributed by atoms with Crippen molar-refractivity contribution in [2.24, 2.45) is 5.92 Å². The van der Waals surface area contributed by atoms with Crippen LogP contribution in [-0.2, 0) is 4.79 Å². The summed E-state index contributed by atoms with van der Waals surface area (Å²) in [4.78, 5) is 24.8. The number of carbonyl (C=O) groups excluding carboxylic acids is 1. The highest BCUT2D eigenvalue weighted by Gasteiger charge is 2.34. The van der Waals surface area contributed by atoms with E-state index in [-0.39, 0.29) is 11.9 Å². The maximum Gasteiger partial charge on any atom is 0.326 e. The summed E-state index contributed by atoms with van der Waals surface area (Å²) >= 11 is 0. The number of urea groups is 1. The Morgan fingerprint density at radius 1 is 1.41 bits per heavy atom. The quantitative estimate of drug-likeness (QED) is 0.744. The Balaban J connectivity index is 2.57. The Hall–Kier alpha value is -1.26. The number of carboxylic acid groups (broad SMARTS) is 1. The summed E-state index contributed by atoms with van der Waals surface area (Å²) < 4.78 is 0. The summed E-state index contributed by atoms with van der Waals surface area (Å²) in [5.41, 5.74) is 0. The molecule has 2 N–H and O–H groups in total. The summed E-state index contributed by atoms with van der Waals surface area (Å²) in [6.45, 7) is 6.29. The zero-order chi connectivity index (χ0) is 13.0. The summed E-state index contributed by atoms with van der Waals surface area (Å²) in [6, 6.07) is -0.729. The summed E-state index contributed by atoms with van der Waals surface area (Å²) in [5.74, 6) is -1.08. The maximum atomic E-state index is 12.0. The minimum Gasteiger partial charge on any atom is -0.480 e. The van der Waals surface area contributed by atoms with Crippen molar-refractivity contribution in [3.8, 4) is 0 Å². The third-order valence-electron chi connectivity index (χ3n) is 2.92. The molecule has 0 aromatic rings. The van der Waals surface area contributed by atoms with Crippen LogP contribution in [0.25, 0.3) is 0 Å². The average Bonchev–Trinajstić information content (AvgIpc) is 3.04. The van der Waals surface area contributed by atoms with Crippen molar-refractivity contribution in [1.82, 2.24) is 10.2 Å². The Morgan fingerprint density at radius 3 is 2.35 bits per heavy atom. The fourth-order valence-electron chi connectivity index (χ4n) is 1.81. The van der Waals surface area contributed by atoms with Gasteiger partial charge in [0.05, 0.1) is 0 Å². The number of rotatable bonds is 6. The topological polar surface area (TPSA) is 69.6 Å². The van der Waals surface area contributed by atoms with Crippen LogP contribution in [0.2, 0.25) is 0 Å². The first-order valence-electron chi connectivity index (χ1n) is 6.27. The molecule has 0 unspecified atom stereocenters. The Bertz CT molecular complexity index is 287. The lowest BCUT2D eigenvalue weighted by Crippen LogP contribution is -2.51. The molecule has 17 heavy (non-hydrogen) atoms. The second kappa shape index (κ2) is 5.89. The van der Waals surface area contributed by atoms with Crippen LogP contribution >= 0.6 is 0 Å². The van der Waals surface area contributed by atoms with Gasteiger partial charge < -0.3 is 15.3 Å². The second-order valence-electron chi connectivity index (χ2n) is 4.93. The lowest BCUT2D eigenvalue weighted by atomic mass is 10.1. The molecule has 0 bridgehead atoms. The van der Waals surface area contributed by atoms with E-state index in [1.54, 1.807) is 18.7 Å². The van der Waals surface area contributed by atoms with Gasteiger partial charge in [-0.15, -0.1) is 0 Å². The van der Waals surface area contributed by atoms with Gasteiger partial charge in [0, 0.05) is 12.6 Å². The van der Waals surface area contributed by atoms with Crippen LogP contribution in [0.3, 0.4) is 0 Å². The largest absolute Gasteiger partial charge is 0.480 e. The van der Waals surface area contributed by atoms with Crippen LogP contribution in [0.1, 0.15) is 40.0 Å². The summed E-state index contributed by atoms with van der Waals surface area (Å²) in [6.07, 6.45) is 2.96. The third-order valence-corrected chi connectivity index (χ3v) is 2.92. The average molecular weight is 242 g/mol. The number of carboxylic acids is 1. The van der Waals surface area contributed by atoms with Crippen molar-refractivity contribution in [1.29, 1.82) is 0 Å². The molecule has 5 heteroatoms. The number of hydrogen-bond acceptors (Lipinski definition) is 2. The fourth-order valence-corrected chi connectivity index (χ4v) is 1.81. The molecule has 0 spiro atoms. The van der Waals surface area contributed by atoms with Gasteiger partial charge in [-0.05, 0) is 25.2 Å². The maximum absolute atomic E-state index is 12.0. The van der Waals surface area contributed by atoms with E-state index in [1.165, 1.54) is 0 Å². The fraction of sp³-hybridized carbons (Fsp3) is 0.833. The number of amides is 2. The van der Waals surface area contributed by atoms with Gasteiger partial charge in [0.1, 0.15) is 6.04 Å². The zero-order valence-corrected chi connectivity index (χ0v) is 10.8. The minimum absolute atomic E-state index is 0.112. The van der Waals surface area contributed by atoms with Gasteiger partial charge in [-0.1, -0.05) is 20.8 Å². The Labute approximate surface area is 102 Å². The molecule has 0 aliphatic heterocycles. The van der Waals surface area contributed by atoms with Gasteiger partial charge in [0.2, 0.25) is 0 Å². The van der Waals surface area contributed by atoms with Crippen LogP contribution in [-0.4, -0.2) is 40.6 Å². The van der Waals surface area contributed by atoms with E-state index in [2.05, 4.69) is 5.32 Å². The lowest BCUT2D eigenvalue weighted by Gasteiger charge is -2.26. The zero-order valence-electron chi connectivity index (χ0n) is 10.8. The van der Waals surface area contributed by atoms with E-state index in [0.717, 1.165) is 19.3 Å². The molecule has 1 aliphatic rings. The molecule has 1 aliphatic carbocycles. The smallest absolute Gasteiger partial charge is 0.326 e. The molecular formula is C12H22N2O3. The highest BCUT2D eigenvalue weighted by atomic mass is 16.4. The van der Waals surface area contributed by atoms with Gasteiger partial charge >= 0.3 is 12.0 Å². The van der Waals surface area contributed by atoms with Gasteiger partial charge in [-0.3, -0.25) is 0 Å². The number of nitrogens with one attached hydrogen (secondary N) is 1. The van der Waals surface area contributed by atoms with E-state index in [0.29, 0.717) is 12.6 Å². The molecule has 5 nitrogen and oxygen atoms in total. The molecule has 98 valence electrons. The highest BCUT2D eigenvalue weighted by Crippen LogP contribution is 2.27. The van der Waals surface area contributed by atoms with Crippen LogP contribution in [0.5, 0.6) is 0 Å². The van der Waals surface area contributed by atoms with Crippen LogP contribution in [0.15, 0.2) is 0 Å². The first-order valence-corrected chi connectivity index (χ1v) is 6.27. The third kappa shape index (κ3) is 3.91. The van der Waals surface area contributed by atoms with Crippen LogP contribution in [0.4, 0.5) is 4.79 Å². The van der Waals surface area contributed by atoms with E-state index < -0.39 is 12.0 Å². The van der Waals surface area contributed by atoms with Gasteiger partial charge in [-0.2, -0.15) is 0 Å². The molecular weight excluding hydrogens is 220 g/mol. The lowest BCUT2D eigenvalue weighted by molar-refractivity contribution is -0.140. The van der Waals surface area contributed by atoms with Gasteiger partial charge in [-0.25, -0.2) is 9.59 Å². The van der Waals surface area contributed by atoms with Crippen LogP contribution < -0.4 is 5.32 Å². The summed E-state index contributed by atoms with van der Waals surface area (Å²) in [7, 11) is 0. The molecule has 0 saturated heterocycles. The Morgan fingerprint density at radius 2 is 2.00 bits per heavy atom. The molecule has 1 atom stereocenters. The molecule has 0 radical (unpaired) electrons. The van der Waals surface area contributed by atoms with Crippen molar-refractivity contribution in [3.63, 3.8) is 0 Å². The monoisotopic (exact) mass is 242 g/mol. The molecule has 1 rings (SSSR count). The van der Waals surface area contributed by atoms with Crippen molar-refractivity contribution in [2.75, 3.05) is 6.54 Å². The summed E-state index contributed by atoms with van der Waals surface area (Å²) in [5, 5.41) is 11.6. The van der Waals surface area contributed by atoms with Crippen molar-refractivity contribution >= 4 is 12.0 Å². The molecule has 0 aromatic heterocycles. The highest BCUT2D eigenvalue weighted by molar-refractivity contribution is 5.83. The molecule has 1 saturated carbocycles. The standard InChI is InChI=1S/C12H22N2O3/c1-4-7-14(9-5-6-9)12(17)13-10(8(2)3)11(15)16/h8-10H,4-7H2,1-3H3,(H,13,17)(H,15,16)/t10-/m1/s1. The van der Waals surface area contributed by atoms with Crippen molar-refractivity contribution in [2.45, 2.75) is 52.1 Å². The first kappa shape index (κ1) is 13.8. The predicted molar refractivity (Wildman–Crippen MR) is 64.8 cm³/mol. The first-order chi connectivity index (χ1) is 7.97. The normalized spacial score (nSPS) is 16.7. The molecule has 1 fully saturated rings. The van der Waals surface area contributed by atoms with E-state index in [1.807, 2.05) is 6.92 Å². The number of aliphatic carboxylic acids is 1. The van der Waals surface area contributed by atoms with Gasteiger partial charge in [0.15, 0.2) is 0 Å². The Kier molecular flexibility index (Phi) is 4.78. The van der Waals surface area contributed by atoms with Crippen LogP contribution in [0, 0.1) is 5.92 Å². The molecule has 0 heterocycles. The molecule has 0 aromatic carbocycles. The number of carbonyl (C=O) groups is 2. The minimum atomic E-state index is -0.972. The number of hydrogen-bond donors (Lipinski definition) is 2. The van der Waals surface area contributed by atoms with E-state index >= 15 is 0 Å². The van der Waals surface area contributed by atoms with Crippen molar-refractivity contribution in [3.05, 3.63) is 0 Å². The van der Waals surface area contributed by atoms with E-state index in [4.69, 9.17) is 5.11 Å². The van der Waals surface area contributed by atoms with E-state index in [9.17, 15) is 9.59 Å². The predicted octanol–water partition coefficient (Wildman–Crippen LogP) is 1.68. The molecule has 2 amide bonds.